The molecule has 0 aromatic heterocycles. The summed E-state index contributed by atoms with van der Waals surface area (Å²) in [4.78, 5) is 30.0. The van der Waals surface area contributed by atoms with E-state index in [1.54, 1.807) is 36.9 Å². The summed E-state index contributed by atoms with van der Waals surface area (Å²) in [7, 11) is 0. The number of rotatable bonds is 9. The van der Waals surface area contributed by atoms with E-state index < -0.39 is 12.1 Å². The maximum atomic E-state index is 13.5. The van der Waals surface area contributed by atoms with Crippen molar-refractivity contribution in [1.29, 1.82) is 0 Å². The van der Waals surface area contributed by atoms with E-state index in [1.165, 1.54) is 12.8 Å². The molecule has 0 radical (unpaired) electrons. The third kappa shape index (κ3) is 8.02. The van der Waals surface area contributed by atoms with Crippen LogP contribution in [0.25, 0.3) is 0 Å². The molecule has 7 nitrogen and oxygen atoms in total. The molecule has 40 heavy (non-hydrogen) atoms. The van der Waals surface area contributed by atoms with Gasteiger partial charge in [0, 0.05) is 40.4 Å². The van der Waals surface area contributed by atoms with E-state index in [2.05, 4.69) is 15.5 Å². The molecule has 5 atom stereocenters. The van der Waals surface area contributed by atoms with Crippen LogP contribution in [0.4, 0.5) is 0 Å². The number of carbonyl (C=O) groups excluding carboxylic acids is 2. The van der Waals surface area contributed by atoms with E-state index in [4.69, 9.17) is 0 Å². The average Bonchev–Trinajstić information content (AvgIpc) is 2.91. The zero-order chi connectivity index (χ0) is 28.9. The van der Waals surface area contributed by atoms with Crippen molar-refractivity contribution < 1.29 is 19.8 Å². The number of amides is 2. The first-order chi connectivity index (χ1) is 19.0. The number of hydrogen-bond donors (Lipinski definition) is 4. The van der Waals surface area contributed by atoms with Crippen LogP contribution in [0.15, 0.2) is 53.4 Å². The van der Waals surface area contributed by atoms with Crippen molar-refractivity contribution in [2.24, 2.45) is 11.8 Å². The van der Waals surface area contributed by atoms with Crippen LogP contribution in [0.1, 0.15) is 68.8 Å². The minimum atomic E-state index is -0.886. The van der Waals surface area contributed by atoms with Gasteiger partial charge in [-0.25, -0.2) is 0 Å². The summed E-state index contributed by atoms with van der Waals surface area (Å²) in [6, 6.07) is 13.9. The van der Waals surface area contributed by atoms with Gasteiger partial charge in [-0.2, -0.15) is 0 Å². The fraction of sp³-hybridized carbons (Fsp3) is 0.562. The van der Waals surface area contributed by atoms with Gasteiger partial charge in [0.2, 0.25) is 5.91 Å². The summed E-state index contributed by atoms with van der Waals surface area (Å²) < 4.78 is 0. The number of nitrogens with zero attached hydrogens (tertiary/aromatic N) is 1. The third-order valence-electron chi connectivity index (χ3n) is 8.23. The van der Waals surface area contributed by atoms with Crippen molar-refractivity contribution in [3.05, 3.63) is 59.7 Å². The second kappa shape index (κ2) is 13.4. The molecular formula is C32H45N3O4S. The number of benzene rings is 2. The zero-order valence-corrected chi connectivity index (χ0v) is 25.0. The van der Waals surface area contributed by atoms with Crippen LogP contribution >= 0.6 is 11.8 Å². The van der Waals surface area contributed by atoms with Crippen molar-refractivity contribution in [2.75, 3.05) is 18.8 Å². The Labute approximate surface area is 243 Å². The normalized spacial score (nSPS) is 23.1. The predicted molar refractivity (Wildman–Crippen MR) is 161 cm³/mol. The van der Waals surface area contributed by atoms with Crippen LogP contribution in [0.3, 0.4) is 0 Å². The summed E-state index contributed by atoms with van der Waals surface area (Å²) in [6.45, 7) is 8.76. The Balaban J connectivity index is 1.54. The molecule has 1 aliphatic carbocycles. The Morgan fingerprint density at radius 1 is 1.05 bits per heavy atom. The van der Waals surface area contributed by atoms with E-state index >= 15 is 0 Å². The van der Waals surface area contributed by atoms with Gasteiger partial charge >= 0.3 is 0 Å². The van der Waals surface area contributed by atoms with Gasteiger partial charge in [0.15, 0.2) is 0 Å². The molecule has 0 spiro atoms. The molecule has 2 fully saturated rings. The second-order valence-electron chi connectivity index (χ2n) is 12.5. The number of piperidine rings is 1. The van der Waals surface area contributed by atoms with Gasteiger partial charge < -0.3 is 20.8 Å². The number of hydrogen-bond acceptors (Lipinski definition) is 6. The van der Waals surface area contributed by atoms with Gasteiger partial charge in [-0.15, -0.1) is 11.8 Å². The number of carbonyl (C=O) groups is 2. The fourth-order valence-corrected chi connectivity index (χ4v) is 7.09. The molecule has 4 N–H and O–H groups in total. The third-order valence-corrected chi connectivity index (χ3v) is 9.36. The van der Waals surface area contributed by atoms with E-state index in [0.717, 1.165) is 30.7 Å². The summed E-state index contributed by atoms with van der Waals surface area (Å²) >= 11 is 1.57. The number of thioether (sulfide) groups is 1. The summed E-state index contributed by atoms with van der Waals surface area (Å²) in [5, 5.41) is 28.0. The van der Waals surface area contributed by atoms with Crippen molar-refractivity contribution in [3.63, 3.8) is 0 Å². The number of aliphatic hydroxyl groups is 1. The van der Waals surface area contributed by atoms with Crippen molar-refractivity contribution in [3.8, 4) is 5.75 Å². The van der Waals surface area contributed by atoms with Crippen LogP contribution in [0.2, 0.25) is 0 Å². The maximum absolute atomic E-state index is 13.5. The van der Waals surface area contributed by atoms with Gasteiger partial charge in [-0.05, 0) is 76.6 Å². The number of phenolic OH excluding ortho intramolecular Hbond substituents is 1. The number of likely N-dealkylation sites (tertiary alicyclic amines) is 1. The van der Waals surface area contributed by atoms with Crippen LogP contribution < -0.4 is 10.6 Å². The smallest absolute Gasteiger partial charge is 0.252 e. The highest BCUT2D eigenvalue weighted by Gasteiger charge is 2.41. The van der Waals surface area contributed by atoms with Gasteiger partial charge in [-0.1, -0.05) is 43.5 Å². The summed E-state index contributed by atoms with van der Waals surface area (Å²) in [6.07, 6.45) is 4.67. The van der Waals surface area contributed by atoms with Gasteiger partial charge in [0.05, 0.1) is 18.2 Å². The van der Waals surface area contributed by atoms with Gasteiger partial charge in [0.1, 0.15) is 5.75 Å². The quantitative estimate of drug-likeness (QED) is 0.327. The van der Waals surface area contributed by atoms with E-state index in [9.17, 15) is 19.8 Å². The number of fused-ring (bicyclic) bond motifs is 1. The predicted octanol–water partition coefficient (Wildman–Crippen LogP) is 4.75. The molecule has 8 heteroatoms. The lowest BCUT2D eigenvalue weighted by Gasteiger charge is -2.47. The average molecular weight is 568 g/mol. The second-order valence-corrected chi connectivity index (χ2v) is 13.6. The monoisotopic (exact) mass is 567 g/mol. The number of aromatic hydroxyl groups is 1. The molecule has 1 aliphatic heterocycles. The first kappa shape index (κ1) is 30.4. The number of phenols is 1. The topological polar surface area (TPSA) is 102 Å². The van der Waals surface area contributed by atoms with E-state index in [0.29, 0.717) is 35.3 Å². The van der Waals surface area contributed by atoms with Crippen LogP contribution in [0, 0.1) is 18.8 Å². The molecule has 218 valence electrons. The molecule has 1 saturated heterocycles. The fourth-order valence-electron chi connectivity index (χ4n) is 6.06. The molecule has 2 aliphatic rings. The summed E-state index contributed by atoms with van der Waals surface area (Å²) in [5.74, 6) is 1.27. The highest BCUT2D eigenvalue weighted by Crippen LogP contribution is 2.39. The Bertz CT molecular complexity index is 1150. The maximum Gasteiger partial charge on any atom is 0.252 e. The first-order valence-electron chi connectivity index (χ1n) is 14.5. The Hall–Kier alpha value is -2.55. The van der Waals surface area contributed by atoms with Crippen molar-refractivity contribution >= 4 is 23.6 Å². The molecular weight excluding hydrogens is 522 g/mol. The molecule has 1 heterocycles. The lowest BCUT2D eigenvalue weighted by molar-refractivity contribution is -0.132. The van der Waals surface area contributed by atoms with E-state index in [1.807, 2.05) is 51.1 Å². The molecule has 0 bridgehead atoms. The minimum absolute atomic E-state index is 0.0124. The zero-order valence-electron chi connectivity index (χ0n) is 24.2. The van der Waals surface area contributed by atoms with Crippen LogP contribution in [-0.4, -0.2) is 69.5 Å². The molecule has 2 aromatic rings. The van der Waals surface area contributed by atoms with Gasteiger partial charge in [0.25, 0.3) is 5.91 Å². The number of β-amino-alcohol motifs (C(OH)–C–C–N with tert-alkyl or cyclic N) is 1. The highest BCUT2D eigenvalue weighted by molar-refractivity contribution is 7.99. The lowest BCUT2D eigenvalue weighted by Crippen LogP contribution is -2.60. The molecule has 0 unspecified atom stereocenters. The molecule has 2 amide bonds. The Kier molecular flexibility index (Phi) is 10.2. The van der Waals surface area contributed by atoms with Crippen molar-refractivity contribution in [1.82, 2.24) is 15.5 Å². The van der Waals surface area contributed by atoms with Crippen LogP contribution in [-0.2, 0) is 4.79 Å². The SMILES string of the molecule is Cc1c(O)cccc1C(=O)N[C@H](CSc1ccccc1)[C@H](O)CN1C[C@@H]2CCCC[C@H]2C[C@H]1C(=O)NC(C)(C)C. The molecule has 2 aromatic carbocycles. The molecule has 4 rings (SSSR count). The summed E-state index contributed by atoms with van der Waals surface area (Å²) in [5.41, 5.74) is 0.543. The molecule has 1 saturated carbocycles. The Morgan fingerprint density at radius 2 is 1.75 bits per heavy atom. The van der Waals surface area contributed by atoms with Crippen molar-refractivity contribution in [2.45, 2.75) is 88.4 Å². The lowest BCUT2D eigenvalue weighted by atomic mass is 9.72. The number of nitrogens with one attached hydrogen (secondary N) is 2. The highest BCUT2D eigenvalue weighted by atomic mass is 32.2. The largest absolute Gasteiger partial charge is 0.508 e. The van der Waals surface area contributed by atoms with Gasteiger partial charge in [-0.3, -0.25) is 14.5 Å². The minimum Gasteiger partial charge on any atom is -0.508 e. The first-order valence-corrected chi connectivity index (χ1v) is 15.5. The number of aliphatic hydroxyl groups excluding tert-OH is 1. The standard InChI is InChI=1S/C32H45N3O4S/c1-21-25(15-10-16-28(21)36)30(38)33-26(20-40-24-13-6-5-7-14-24)29(37)19-35-18-23-12-9-8-11-22(23)17-27(35)31(39)34-32(2,3)4/h5-7,10,13-16,22-23,26-27,29,36-37H,8-9,11-12,17-20H2,1-4H3,(H,33,38)(H,34,39)/t22-,23-,26+,27-,29+/m0/s1. The van der Waals surface area contributed by atoms with Crippen LogP contribution in [0.5, 0.6) is 5.75 Å². The Morgan fingerprint density at radius 3 is 2.45 bits per heavy atom. The van der Waals surface area contributed by atoms with E-state index in [-0.39, 0.29) is 29.1 Å².